The second kappa shape index (κ2) is 7.21. The summed E-state index contributed by atoms with van der Waals surface area (Å²) in [7, 11) is -4.37. The normalized spacial score (nSPS) is 9.13. The van der Waals surface area contributed by atoms with Crippen LogP contribution in [0.5, 0.6) is 0 Å². The molecule has 1 aromatic rings. The summed E-state index contributed by atoms with van der Waals surface area (Å²) in [5.41, 5.74) is 0.461. The second-order valence-electron chi connectivity index (χ2n) is 2.15. The monoisotopic (exact) mass is 255 g/mol. The summed E-state index contributed by atoms with van der Waals surface area (Å²) in [6.07, 6.45) is 0. The molecule has 0 atom stereocenters. The third-order valence-electron chi connectivity index (χ3n) is 1.30. The zero-order chi connectivity index (χ0) is 9.90. The molecule has 0 radical (unpaired) electrons. The zero-order valence-corrected chi connectivity index (χ0v) is 11.4. The van der Waals surface area contributed by atoms with Crippen molar-refractivity contribution in [1.29, 1.82) is 0 Å². The van der Waals surface area contributed by atoms with Gasteiger partial charge >= 0.3 is 29.6 Å². The van der Waals surface area contributed by atoms with E-state index in [0.29, 0.717) is 5.69 Å². The number of hydrogen-bond acceptors (Lipinski definition) is 5. The Morgan fingerprint density at radius 3 is 2.07 bits per heavy atom. The topological polar surface area (TPSA) is 101 Å². The number of hydrogen-bond donors (Lipinski definition) is 0. The molecular weight excluding hydrogens is 249 g/mol. The number of benzene rings is 1. The van der Waals surface area contributed by atoms with Crippen molar-refractivity contribution in [3.8, 4) is 0 Å². The van der Waals surface area contributed by atoms with Crippen molar-refractivity contribution in [2.45, 2.75) is 4.90 Å². The summed E-state index contributed by atoms with van der Waals surface area (Å²) in [6, 6.07) is 5.11. The van der Waals surface area contributed by atoms with E-state index in [4.69, 9.17) is 0 Å². The molecule has 0 spiro atoms. The second-order valence-corrected chi connectivity index (χ2v) is 3.71. The molecule has 0 aromatic heterocycles. The predicted molar refractivity (Wildman–Crippen MR) is 52.7 cm³/mol. The summed E-state index contributed by atoms with van der Waals surface area (Å²) in [5.74, 6) is 0. The number of aliphatic imine (C=N–C) groups is 1. The van der Waals surface area contributed by atoms with E-state index >= 15 is 0 Å². The zero-order valence-electron chi connectivity index (χ0n) is 7.80. The average molecular weight is 255 g/mol. The molecule has 0 heterocycles. The van der Waals surface area contributed by atoms with E-state index in [-0.39, 0.29) is 39.9 Å². The molecule has 0 bridgehead atoms. The first kappa shape index (κ1) is 17.3. The number of rotatable bonds is 2. The summed E-state index contributed by atoms with van der Waals surface area (Å²) >= 11 is 4.34. The summed E-state index contributed by atoms with van der Waals surface area (Å²) in [4.78, 5) is 3.32. The van der Waals surface area contributed by atoms with Crippen molar-refractivity contribution in [3.63, 3.8) is 0 Å². The molecule has 0 unspecified atom stereocenters. The maximum atomic E-state index is 10.5. The molecule has 0 saturated heterocycles. The maximum Gasteiger partial charge on any atom is 1.00 e. The summed E-state index contributed by atoms with van der Waals surface area (Å²) < 4.78 is 31.4. The van der Waals surface area contributed by atoms with Gasteiger partial charge in [0.05, 0.1) is 15.7 Å². The van der Waals surface area contributed by atoms with E-state index in [1.807, 2.05) is 0 Å². The molecule has 0 aliphatic rings. The van der Waals surface area contributed by atoms with Gasteiger partial charge in [0, 0.05) is 0 Å². The quantitative estimate of drug-likeness (QED) is 0.252. The SMILES string of the molecule is O.O=S(=O)([O-])c1ccc(N=C=S)cc1.[Na+]. The number of isothiocyanates is 1. The van der Waals surface area contributed by atoms with Gasteiger partial charge in [-0.15, -0.1) is 0 Å². The summed E-state index contributed by atoms with van der Waals surface area (Å²) in [5, 5.41) is 2.12. The van der Waals surface area contributed by atoms with Gasteiger partial charge < -0.3 is 10.0 Å². The van der Waals surface area contributed by atoms with Gasteiger partial charge in [-0.1, -0.05) is 0 Å². The van der Waals surface area contributed by atoms with E-state index in [0.717, 1.165) is 0 Å². The van der Waals surface area contributed by atoms with Gasteiger partial charge in [-0.3, -0.25) is 0 Å². The maximum absolute atomic E-state index is 10.5. The first-order valence-electron chi connectivity index (χ1n) is 3.18. The van der Waals surface area contributed by atoms with Gasteiger partial charge in [0.2, 0.25) is 0 Å². The van der Waals surface area contributed by atoms with Gasteiger partial charge in [-0.2, -0.15) is 4.99 Å². The van der Waals surface area contributed by atoms with Crippen LogP contribution in [0.1, 0.15) is 0 Å². The molecule has 15 heavy (non-hydrogen) atoms. The van der Waals surface area contributed by atoms with Crippen LogP contribution in [0.3, 0.4) is 0 Å². The Morgan fingerprint density at radius 1 is 1.27 bits per heavy atom. The largest absolute Gasteiger partial charge is 1.00 e. The number of nitrogens with zero attached hydrogens (tertiary/aromatic N) is 1. The van der Waals surface area contributed by atoms with Crippen LogP contribution in [0, 0.1) is 0 Å². The van der Waals surface area contributed by atoms with Crippen LogP contribution in [-0.2, 0) is 10.1 Å². The van der Waals surface area contributed by atoms with Gasteiger partial charge in [0.1, 0.15) is 10.1 Å². The minimum absolute atomic E-state index is 0. The standard InChI is InChI=1S/C7H5NO3S2.Na.H2O/c9-13(10,11)7-3-1-6(2-4-7)8-5-12;;/h1-4H,(H,9,10,11);;1H2/q;+1;/p-1. The minimum Gasteiger partial charge on any atom is -0.744 e. The van der Waals surface area contributed by atoms with Crippen LogP contribution in [0.25, 0.3) is 0 Å². The van der Waals surface area contributed by atoms with Crippen molar-refractivity contribution in [1.82, 2.24) is 0 Å². The van der Waals surface area contributed by atoms with Crippen molar-refractivity contribution in [2.24, 2.45) is 4.99 Å². The molecule has 2 N–H and O–H groups in total. The van der Waals surface area contributed by atoms with E-state index in [2.05, 4.69) is 22.4 Å². The number of thiocarbonyl (C=S) groups is 1. The van der Waals surface area contributed by atoms with E-state index in [9.17, 15) is 13.0 Å². The summed E-state index contributed by atoms with van der Waals surface area (Å²) in [6.45, 7) is 0. The molecule has 1 aromatic carbocycles. The van der Waals surface area contributed by atoms with Crippen LogP contribution in [0.4, 0.5) is 5.69 Å². The smallest absolute Gasteiger partial charge is 0.744 e. The fourth-order valence-electron chi connectivity index (χ4n) is 0.740. The molecule has 0 saturated carbocycles. The molecule has 0 aliphatic carbocycles. The Bertz CT molecular complexity index is 450. The fourth-order valence-corrected chi connectivity index (χ4v) is 1.31. The van der Waals surface area contributed by atoms with Gasteiger partial charge in [-0.25, -0.2) is 8.42 Å². The first-order valence-corrected chi connectivity index (χ1v) is 4.99. The van der Waals surface area contributed by atoms with Gasteiger partial charge in [-0.05, 0) is 36.5 Å². The van der Waals surface area contributed by atoms with E-state index in [1.54, 1.807) is 0 Å². The molecule has 76 valence electrons. The average Bonchev–Trinajstić information content (AvgIpc) is 2.04. The third kappa shape index (κ3) is 5.50. The first-order chi connectivity index (χ1) is 6.04. The van der Waals surface area contributed by atoms with Crippen molar-refractivity contribution in [2.75, 3.05) is 0 Å². The molecule has 1 rings (SSSR count). The van der Waals surface area contributed by atoms with Crippen molar-refractivity contribution in [3.05, 3.63) is 24.3 Å². The molecule has 8 heteroatoms. The predicted octanol–water partition coefficient (Wildman–Crippen LogP) is -2.50. The van der Waals surface area contributed by atoms with Gasteiger partial charge in [0.25, 0.3) is 0 Å². The van der Waals surface area contributed by atoms with Crippen LogP contribution in [0.2, 0.25) is 0 Å². The fraction of sp³-hybridized carbons (Fsp3) is 0. The Labute approximate surface area is 115 Å². The Kier molecular flexibility index (Phi) is 8.31. The Morgan fingerprint density at radius 2 is 1.73 bits per heavy atom. The Balaban J connectivity index is 0. The van der Waals surface area contributed by atoms with Gasteiger partial charge in [0.15, 0.2) is 0 Å². The molecule has 0 aliphatic heterocycles. The van der Waals surface area contributed by atoms with Crippen LogP contribution in [-0.4, -0.2) is 23.6 Å². The molecule has 0 amide bonds. The van der Waals surface area contributed by atoms with E-state index < -0.39 is 10.1 Å². The van der Waals surface area contributed by atoms with E-state index in [1.165, 1.54) is 24.3 Å². The third-order valence-corrected chi connectivity index (χ3v) is 2.24. The van der Waals surface area contributed by atoms with Crippen LogP contribution in [0.15, 0.2) is 34.2 Å². The van der Waals surface area contributed by atoms with Crippen LogP contribution >= 0.6 is 12.2 Å². The molecule has 5 nitrogen and oxygen atoms in total. The van der Waals surface area contributed by atoms with Crippen LogP contribution < -0.4 is 29.6 Å². The Hall–Kier alpha value is -0.110. The molecular formula is C7H6NNaO4S2. The molecule has 0 fully saturated rings. The van der Waals surface area contributed by atoms with Crippen molar-refractivity contribution < 1.29 is 48.0 Å². The van der Waals surface area contributed by atoms with Crippen molar-refractivity contribution >= 4 is 33.2 Å². The minimum atomic E-state index is -4.37.